The topological polar surface area (TPSA) is 95.9 Å². The summed E-state index contributed by atoms with van der Waals surface area (Å²) < 4.78 is 4.61. The lowest BCUT2D eigenvalue weighted by Crippen LogP contribution is -2.45. The summed E-state index contributed by atoms with van der Waals surface area (Å²) in [5.74, 6) is -1.51. The molecule has 6 heteroatoms. The monoisotopic (exact) mass is 219 g/mol. The quantitative estimate of drug-likeness (QED) is 0.529. The number of rotatable bonds is 7. The average Bonchev–Trinajstić information content (AvgIpc) is 2.01. The lowest BCUT2D eigenvalue weighted by atomic mass is 10.0. The lowest BCUT2D eigenvalue weighted by molar-refractivity contribution is -0.143. The summed E-state index contributed by atoms with van der Waals surface area (Å²) in [7, 11) is 0. The third-order valence-corrected chi connectivity index (χ3v) is 1.67. The first-order chi connectivity index (χ1) is 6.87. The molecule has 6 nitrogen and oxygen atoms in total. The van der Waals surface area contributed by atoms with Gasteiger partial charge in [-0.25, -0.2) is 4.79 Å². The zero-order valence-electron chi connectivity index (χ0n) is 8.95. The maximum Gasteiger partial charge on any atom is 0.329 e. The number of aliphatic hydroxyl groups is 1. The first-order valence-corrected chi connectivity index (χ1v) is 4.59. The van der Waals surface area contributed by atoms with Crippen molar-refractivity contribution >= 4 is 11.9 Å². The van der Waals surface area contributed by atoms with E-state index in [1.54, 1.807) is 13.8 Å². The van der Waals surface area contributed by atoms with E-state index < -0.39 is 24.0 Å². The minimum atomic E-state index is -1.11. The molecule has 88 valence electrons. The molecule has 0 unspecified atom stereocenters. The molecular weight excluding hydrogens is 202 g/mol. The van der Waals surface area contributed by atoms with Gasteiger partial charge in [-0.05, 0) is 20.3 Å². The van der Waals surface area contributed by atoms with Crippen LogP contribution >= 0.6 is 0 Å². The number of nitrogens with one attached hydrogen (secondary N) is 1. The summed E-state index contributed by atoms with van der Waals surface area (Å²) in [4.78, 5) is 21.3. The summed E-state index contributed by atoms with van der Waals surface area (Å²) in [5.41, 5.74) is -0.515. The van der Waals surface area contributed by atoms with Gasteiger partial charge in [0, 0.05) is 12.1 Å². The summed E-state index contributed by atoms with van der Waals surface area (Å²) in [6.07, 6.45) is 0.428. The molecule has 0 saturated carbocycles. The molecule has 0 atom stereocenters. The molecule has 0 aromatic heterocycles. The molecule has 15 heavy (non-hydrogen) atoms. The van der Waals surface area contributed by atoms with Gasteiger partial charge in [-0.15, -0.1) is 0 Å². The Labute approximate surface area is 88.2 Å². The van der Waals surface area contributed by atoms with E-state index in [1.165, 1.54) is 0 Å². The van der Waals surface area contributed by atoms with Crippen LogP contribution in [0.4, 0.5) is 0 Å². The van der Waals surface area contributed by atoms with Crippen molar-refractivity contribution in [2.45, 2.75) is 25.8 Å². The summed E-state index contributed by atoms with van der Waals surface area (Å²) in [6, 6.07) is 0. The van der Waals surface area contributed by atoms with Crippen LogP contribution in [0.2, 0.25) is 0 Å². The Balaban J connectivity index is 3.77. The van der Waals surface area contributed by atoms with E-state index in [9.17, 15) is 9.59 Å². The van der Waals surface area contributed by atoms with Gasteiger partial charge in [0.15, 0.2) is 0 Å². The average molecular weight is 219 g/mol. The molecule has 0 aromatic carbocycles. The first-order valence-electron chi connectivity index (χ1n) is 4.59. The Bertz CT molecular complexity index is 227. The maximum absolute atomic E-state index is 11.2. The van der Waals surface area contributed by atoms with E-state index in [1.807, 2.05) is 0 Å². The van der Waals surface area contributed by atoms with Crippen molar-refractivity contribution in [2.24, 2.45) is 0 Å². The Morgan fingerprint density at radius 2 is 1.93 bits per heavy atom. The fraction of sp³-hybridized carbons (Fsp3) is 0.778. The molecule has 0 radical (unpaired) electrons. The van der Waals surface area contributed by atoms with Gasteiger partial charge in [0.1, 0.15) is 13.2 Å². The van der Waals surface area contributed by atoms with Gasteiger partial charge in [0.2, 0.25) is 5.91 Å². The first kappa shape index (κ1) is 13.9. The number of aliphatic carboxylic acids is 1. The third-order valence-electron chi connectivity index (χ3n) is 1.67. The van der Waals surface area contributed by atoms with E-state index in [-0.39, 0.29) is 13.2 Å². The van der Waals surface area contributed by atoms with Gasteiger partial charge in [-0.2, -0.15) is 0 Å². The highest BCUT2D eigenvalue weighted by Gasteiger charge is 2.19. The molecule has 3 N–H and O–H groups in total. The molecule has 0 saturated heterocycles. The Kier molecular flexibility index (Phi) is 5.88. The highest BCUT2D eigenvalue weighted by molar-refractivity contribution is 5.78. The van der Waals surface area contributed by atoms with Crippen LogP contribution in [0.15, 0.2) is 0 Å². The molecule has 0 heterocycles. The molecule has 0 aliphatic carbocycles. The SMILES string of the molecule is CC(C)(CCO)NC(=O)COCC(=O)O. The number of carbonyl (C=O) groups is 2. The van der Waals surface area contributed by atoms with Crippen LogP contribution in [0.25, 0.3) is 0 Å². The van der Waals surface area contributed by atoms with Crippen molar-refractivity contribution < 1.29 is 24.5 Å². The van der Waals surface area contributed by atoms with Gasteiger partial charge in [-0.3, -0.25) is 4.79 Å². The second-order valence-electron chi connectivity index (χ2n) is 3.79. The maximum atomic E-state index is 11.2. The van der Waals surface area contributed by atoms with Crippen LogP contribution in [-0.2, 0) is 14.3 Å². The van der Waals surface area contributed by atoms with E-state index >= 15 is 0 Å². The van der Waals surface area contributed by atoms with Crippen molar-refractivity contribution in [1.29, 1.82) is 0 Å². The third kappa shape index (κ3) is 7.90. The molecular formula is C9H17NO5. The molecule has 0 aromatic rings. The van der Waals surface area contributed by atoms with Gasteiger partial charge >= 0.3 is 5.97 Å². The van der Waals surface area contributed by atoms with Crippen LogP contribution in [0.3, 0.4) is 0 Å². The number of aliphatic hydroxyl groups excluding tert-OH is 1. The van der Waals surface area contributed by atoms with E-state index in [4.69, 9.17) is 10.2 Å². The summed E-state index contributed by atoms with van der Waals surface area (Å²) >= 11 is 0. The Hall–Kier alpha value is -1.14. The fourth-order valence-corrected chi connectivity index (χ4v) is 0.987. The smallest absolute Gasteiger partial charge is 0.329 e. The van der Waals surface area contributed by atoms with Gasteiger partial charge in [0.25, 0.3) is 0 Å². The fourth-order valence-electron chi connectivity index (χ4n) is 0.987. The number of amides is 1. The van der Waals surface area contributed by atoms with Gasteiger partial charge < -0.3 is 20.3 Å². The van der Waals surface area contributed by atoms with Crippen molar-refractivity contribution in [3.63, 3.8) is 0 Å². The van der Waals surface area contributed by atoms with Crippen molar-refractivity contribution in [3.8, 4) is 0 Å². The molecule has 0 aliphatic heterocycles. The molecule has 0 spiro atoms. The van der Waals surface area contributed by atoms with Crippen molar-refractivity contribution in [2.75, 3.05) is 19.8 Å². The molecule has 0 bridgehead atoms. The minimum Gasteiger partial charge on any atom is -0.480 e. The largest absolute Gasteiger partial charge is 0.480 e. The number of carboxylic acids is 1. The molecule has 0 rings (SSSR count). The normalized spacial score (nSPS) is 11.1. The van der Waals surface area contributed by atoms with Crippen LogP contribution in [0.5, 0.6) is 0 Å². The molecule has 0 aliphatic rings. The minimum absolute atomic E-state index is 0.0245. The van der Waals surface area contributed by atoms with E-state index in [0.29, 0.717) is 6.42 Å². The summed E-state index contributed by atoms with van der Waals surface area (Å²) in [6.45, 7) is 2.72. The predicted molar refractivity (Wildman–Crippen MR) is 52.4 cm³/mol. The molecule has 0 fully saturated rings. The Morgan fingerprint density at radius 3 is 2.40 bits per heavy atom. The van der Waals surface area contributed by atoms with Crippen LogP contribution in [0, 0.1) is 0 Å². The summed E-state index contributed by atoms with van der Waals surface area (Å²) in [5, 5.41) is 19.6. The Morgan fingerprint density at radius 1 is 1.33 bits per heavy atom. The van der Waals surface area contributed by atoms with E-state index in [0.717, 1.165) is 0 Å². The second kappa shape index (κ2) is 6.36. The highest BCUT2D eigenvalue weighted by atomic mass is 16.5. The van der Waals surface area contributed by atoms with Crippen molar-refractivity contribution in [3.05, 3.63) is 0 Å². The number of hydrogen-bond acceptors (Lipinski definition) is 4. The lowest BCUT2D eigenvalue weighted by Gasteiger charge is -2.25. The highest BCUT2D eigenvalue weighted by Crippen LogP contribution is 2.06. The number of hydrogen-bond donors (Lipinski definition) is 3. The number of carbonyl (C=O) groups excluding carboxylic acids is 1. The predicted octanol–water partition coefficient (Wildman–Crippen LogP) is -0.635. The standard InChI is InChI=1S/C9H17NO5/c1-9(2,3-4-11)10-7(12)5-15-6-8(13)14/h11H,3-6H2,1-2H3,(H,10,12)(H,13,14). The van der Waals surface area contributed by atoms with Crippen molar-refractivity contribution in [1.82, 2.24) is 5.32 Å². The van der Waals surface area contributed by atoms with Crippen LogP contribution < -0.4 is 5.32 Å². The second-order valence-corrected chi connectivity index (χ2v) is 3.79. The van der Waals surface area contributed by atoms with Crippen LogP contribution in [0.1, 0.15) is 20.3 Å². The zero-order chi connectivity index (χ0) is 11.9. The number of carboxylic acid groups (broad SMARTS) is 1. The molecule has 1 amide bonds. The van der Waals surface area contributed by atoms with Gasteiger partial charge in [0.05, 0.1) is 0 Å². The van der Waals surface area contributed by atoms with E-state index in [2.05, 4.69) is 10.1 Å². The number of ether oxygens (including phenoxy) is 1. The zero-order valence-corrected chi connectivity index (χ0v) is 8.95. The van der Waals surface area contributed by atoms with Gasteiger partial charge in [-0.1, -0.05) is 0 Å². The van der Waals surface area contributed by atoms with Crippen LogP contribution in [-0.4, -0.2) is 47.4 Å².